The summed E-state index contributed by atoms with van der Waals surface area (Å²) in [6.07, 6.45) is 3.22. The average molecular weight is 225 g/mol. The topological polar surface area (TPSA) is 70.3 Å². The molecule has 0 atom stereocenters. The number of H-pyrrole nitrogens is 1. The fourth-order valence-corrected chi connectivity index (χ4v) is 1.89. The van der Waals surface area contributed by atoms with E-state index in [1.165, 1.54) is 0 Å². The summed E-state index contributed by atoms with van der Waals surface area (Å²) < 4.78 is 1.89. The monoisotopic (exact) mass is 225 g/mol. The van der Waals surface area contributed by atoms with Crippen LogP contribution in [0.2, 0.25) is 0 Å². The van der Waals surface area contributed by atoms with E-state index in [-0.39, 0.29) is 5.49 Å². The maximum Gasteiger partial charge on any atom is 0.173 e. The van der Waals surface area contributed by atoms with Crippen molar-refractivity contribution >= 4 is 11.2 Å². The minimum Gasteiger partial charge on any atom is -0.340 e. The molecule has 0 aliphatic rings. The summed E-state index contributed by atoms with van der Waals surface area (Å²) in [5, 5.41) is 7.70. The molecule has 2 aromatic heterocycles. The van der Waals surface area contributed by atoms with Gasteiger partial charge in [0.15, 0.2) is 11.1 Å². The molecule has 0 amide bonds. The average Bonchev–Trinajstić information content (AvgIpc) is 2.81. The molecule has 0 fully saturated rings. The molecule has 2 heterocycles. The number of aromatic amines is 1. The lowest BCUT2D eigenvalue weighted by molar-refractivity contribution is 0.963. The second-order valence-corrected chi connectivity index (χ2v) is 3.85. The highest BCUT2D eigenvalue weighted by Crippen LogP contribution is 2.15. The molecule has 0 saturated carbocycles. The number of nitrogens with zero attached hydrogens (tertiary/aromatic N) is 3. The zero-order chi connectivity index (χ0) is 11.8. The summed E-state index contributed by atoms with van der Waals surface area (Å²) in [6.45, 7) is 2.04. The second-order valence-electron chi connectivity index (χ2n) is 3.85. The van der Waals surface area contributed by atoms with E-state index in [4.69, 9.17) is 5.41 Å². The van der Waals surface area contributed by atoms with Crippen molar-refractivity contribution in [3.05, 3.63) is 48.0 Å². The molecule has 0 spiro atoms. The molecule has 0 aliphatic carbocycles. The highest BCUT2D eigenvalue weighted by molar-refractivity contribution is 5.71. The van der Waals surface area contributed by atoms with Gasteiger partial charge < -0.3 is 4.98 Å². The Morgan fingerprint density at radius 3 is 2.88 bits per heavy atom. The number of rotatable bonds is 1. The molecule has 1 aromatic carbocycles. The first-order valence-electron chi connectivity index (χ1n) is 5.29. The van der Waals surface area contributed by atoms with E-state index in [9.17, 15) is 0 Å². The van der Waals surface area contributed by atoms with Crippen molar-refractivity contribution in [1.29, 1.82) is 5.41 Å². The molecule has 5 nitrogen and oxygen atoms in total. The summed E-state index contributed by atoms with van der Waals surface area (Å²) in [4.78, 5) is 11.2. The number of benzene rings is 1. The Kier molecular flexibility index (Phi) is 2.04. The molecule has 17 heavy (non-hydrogen) atoms. The highest BCUT2D eigenvalue weighted by Gasteiger charge is 2.07. The summed E-state index contributed by atoms with van der Waals surface area (Å²) in [5.74, 6) is 0. The van der Waals surface area contributed by atoms with E-state index in [0.29, 0.717) is 5.52 Å². The Labute approximate surface area is 97.3 Å². The number of hydrogen-bond acceptors (Lipinski definition) is 3. The quantitative estimate of drug-likeness (QED) is 0.659. The van der Waals surface area contributed by atoms with Crippen LogP contribution in [0.3, 0.4) is 0 Å². The summed E-state index contributed by atoms with van der Waals surface area (Å²) in [7, 11) is 0. The van der Waals surface area contributed by atoms with Gasteiger partial charge in [-0.3, -0.25) is 9.98 Å². The predicted octanol–water partition coefficient (Wildman–Crippen LogP) is 1.54. The molecule has 3 aromatic rings. The first kappa shape index (κ1) is 9.77. The van der Waals surface area contributed by atoms with Gasteiger partial charge in [0.2, 0.25) is 0 Å². The normalized spacial score (nSPS) is 10.9. The summed E-state index contributed by atoms with van der Waals surface area (Å²) in [6, 6.07) is 8.01. The third kappa shape index (κ3) is 1.44. The molecule has 84 valence electrons. The van der Waals surface area contributed by atoms with E-state index >= 15 is 0 Å². The number of nitrogens with one attached hydrogen (secondary N) is 2. The van der Waals surface area contributed by atoms with Crippen LogP contribution in [-0.4, -0.2) is 19.5 Å². The molecule has 0 unspecified atom stereocenters. The van der Waals surface area contributed by atoms with E-state index in [1.54, 1.807) is 12.7 Å². The standard InChI is InChI=1S/C12H11N5/c1-8-4-2-3-5-9(8)17-7-16-11(13)10-12(17)15-6-14-10/h2-7,13H,1H3,(H,14,15). The molecular formula is C12H11N5. The summed E-state index contributed by atoms with van der Waals surface area (Å²) in [5.41, 5.74) is 3.75. The Hall–Kier alpha value is -2.43. The van der Waals surface area contributed by atoms with Crippen molar-refractivity contribution in [2.75, 3.05) is 0 Å². The lowest BCUT2D eigenvalue weighted by atomic mass is 10.2. The van der Waals surface area contributed by atoms with Crippen molar-refractivity contribution in [2.45, 2.75) is 6.92 Å². The molecule has 2 N–H and O–H groups in total. The SMILES string of the molecule is Cc1ccccc1-n1cnc(=N)c2[nH]cnc21. The Balaban J connectivity index is 2.39. The van der Waals surface area contributed by atoms with Gasteiger partial charge in [0.25, 0.3) is 0 Å². The van der Waals surface area contributed by atoms with Gasteiger partial charge in [-0.1, -0.05) is 18.2 Å². The van der Waals surface area contributed by atoms with Gasteiger partial charge in [-0.05, 0) is 18.6 Å². The molecule has 0 bridgehead atoms. The van der Waals surface area contributed by atoms with Gasteiger partial charge in [-0.15, -0.1) is 0 Å². The van der Waals surface area contributed by atoms with E-state index in [1.807, 2.05) is 35.8 Å². The van der Waals surface area contributed by atoms with Crippen molar-refractivity contribution < 1.29 is 0 Å². The molecular weight excluding hydrogens is 214 g/mol. The van der Waals surface area contributed by atoms with Crippen molar-refractivity contribution in [1.82, 2.24) is 19.5 Å². The summed E-state index contributed by atoms with van der Waals surface area (Å²) >= 11 is 0. The van der Waals surface area contributed by atoms with Gasteiger partial charge in [0.1, 0.15) is 11.8 Å². The molecule has 0 saturated heterocycles. The van der Waals surface area contributed by atoms with Crippen LogP contribution < -0.4 is 5.49 Å². The minimum absolute atomic E-state index is 0.210. The smallest absolute Gasteiger partial charge is 0.173 e. The van der Waals surface area contributed by atoms with Gasteiger partial charge in [0, 0.05) is 0 Å². The van der Waals surface area contributed by atoms with Crippen molar-refractivity contribution in [2.24, 2.45) is 0 Å². The maximum atomic E-state index is 7.70. The van der Waals surface area contributed by atoms with Crippen LogP contribution in [0, 0.1) is 12.3 Å². The van der Waals surface area contributed by atoms with Crippen molar-refractivity contribution in [3.63, 3.8) is 0 Å². The molecule has 3 rings (SSSR count). The molecule has 0 radical (unpaired) electrons. The first-order valence-corrected chi connectivity index (χ1v) is 5.29. The van der Waals surface area contributed by atoms with Gasteiger partial charge >= 0.3 is 0 Å². The van der Waals surface area contributed by atoms with Crippen LogP contribution in [0.5, 0.6) is 0 Å². The maximum absolute atomic E-state index is 7.70. The predicted molar refractivity (Wildman–Crippen MR) is 63.8 cm³/mol. The van der Waals surface area contributed by atoms with Crippen LogP contribution in [0.4, 0.5) is 0 Å². The zero-order valence-corrected chi connectivity index (χ0v) is 9.31. The van der Waals surface area contributed by atoms with Crippen LogP contribution in [-0.2, 0) is 0 Å². The second kappa shape index (κ2) is 3.55. The largest absolute Gasteiger partial charge is 0.340 e. The fourth-order valence-electron chi connectivity index (χ4n) is 1.89. The highest BCUT2D eigenvalue weighted by atomic mass is 15.1. The van der Waals surface area contributed by atoms with Crippen LogP contribution in [0.25, 0.3) is 16.9 Å². The Morgan fingerprint density at radius 1 is 1.24 bits per heavy atom. The lowest BCUT2D eigenvalue weighted by Gasteiger charge is -2.09. The van der Waals surface area contributed by atoms with Gasteiger partial charge in [0.05, 0.1) is 12.0 Å². The third-order valence-electron chi connectivity index (χ3n) is 2.76. The van der Waals surface area contributed by atoms with E-state index < -0.39 is 0 Å². The van der Waals surface area contributed by atoms with Crippen molar-refractivity contribution in [3.8, 4) is 5.69 Å². The minimum atomic E-state index is 0.210. The zero-order valence-electron chi connectivity index (χ0n) is 9.31. The number of imidazole rings is 1. The third-order valence-corrected chi connectivity index (χ3v) is 2.76. The van der Waals surface area contributed by atoms with Crippen LogP contribution in [0.15, 0.2) is 36.9 Å². The Bertz CT molecular complexity index is 738. The van der Waals surface area contributed by atoms with E-state index in [0.717, 1.165) is 16.9 Å². The fraction of sp³-hybridized carbons (Fsp3) is 0.0833. The molecule has 5 heteroatoms. The Morgan fingerprint density at radius 2 is 2.06 bits per heavy atom. The lowest BCUT2D eigenvalue weighted by Crippen LogP contribution is -2.12. The van der Waals surface area contributed by atoms with Crippen LogP contribution >= 0.6 is 0 Å². The van der Waals surface area contributed by atoms with Gasteiger partial charge in [-0.25, -0.2) is 9.97 Å². The van der Waals surface area contributed by atoms with Gasteiger partial charge in [-0.2, -0.15) is 0 Å². The number of para-hydroxylation sites is 1. The number of fused-ring (bicyclic) bond motifs is 1. The first-order chi connectivity index (χ1) is 8.27. The molecule has 0 aliphatic heterocycles. The number of aromatic nitrogens is 4. The van der Waals surface area contributed by atoms with Crippen LogP contribution in [0.1, 0.15) is 5.56 Å². The number of hydrogen-bond donors (Lipinski definition) is 2. The number of aryl methyl sites for hydroxylation is 1. The van der Waals surface area contributed by atoms with E-state index in [2.05, 4.69) is 15.0 Å².